The summed E-state index contributed by atoms with van der Waals surface area (Å²) in [5.41, 5.74) is 0.962. The highest BCUT2D eigenvalue weighted by Gasteiger charge is 2.06. The zero-order chi connectivity index (χ0) is 12.0. The molecule has 0 bridgehead atoms. The zero-order valence-electron chi connectivity index (χ0n) is 9.23. The minimum Gasteiger partial charge on any atom is -0.427 e. The molecule has 0 radical (unpaired) electrons. The fraction of sp³-hybridized carbons (Fsp3) is 0.231. The Labute approximate surface area is 94.7 Å². The first-order chi connectivity index (χ1) is 7.61. The average molecular weight is 218 g/mol. The standard InChI is InChI=1S/C13H14O3/c1-3-11-5-7-12(8-6-11)16-13(15)9-4-10(2)14/h3,5-8H,1,4,9H2,2H3. The Kier molecular flexibility index (Phi) is 4.45. The molecule has 0 aromatic heterocycles. The van der Waals surface area contributed by atoms with Crippen molar-refractivity contribution in [2.45, 2.75) is 19.8 Å². The van der Waals surface area contributed by atoms with E-state index in [-0.39, 0.29) is 24.6 Å². The van der Waals surface area contributed by atoms with E-state index in [0.717, 1.165) is 5.56 Å². The normalized spacial score (nSPS) is 9.56. The van der Waals surface area contributed by atoms with Crippen LogP contribution in [-0.4, -0.2) is 11.8 Å². The second kappa shape index (κ2) is 5.85. The molecule has 84 valence electrons. The number of ketones is 1. The van der Waals surface area contributed by atoms with E-state index in [0.29, 0.717) is 5.75 Å². The Morgan fingerprint density at radius 2 is 1.88 bits per heavy atom. The van der Waals surface area contributed by atoms with Crippen molar-refractivity contribution in [2.24, 2.45) is 0 Å². The first kappa shape index (κ1) is 12.2. The molecule has 0 saturated carbocycles. The van der Waals surface area contributed by atoms with Gasteiger partial charge in [-0.25, -0.2) is 0 Å². The monoisotopic (exact) mass is 218 g/mol. The molecule has 0 saturated heterocycles. The van der Waals surface area contributed by atoms with Crippen LogP contribution in [-0.2, 0) is 9.59 Å². The maximum atomic E-state index is 11.3. The molecule has 0 heterocycles. The van der Waals surface area contributed by atoms with Gasteiger partial charge in [0.2, 0.25) is 0 Å². The molecular formula is C13H14O3. The SMILES string of the molecule is C=Cc1ccc(OC(=O)CCC(C)=O)cc1. The van der Waals surface area contributed by atoms with Crippen molar-refractivity contribution in [2.75, 3.05) is 0 Å². The van der Waals surface area contributed by atoms with Gasteiger partial charge in [0.05, 0.1) is 6.42 Å². The second-order valence-electron chi connectivity index (χ2n) is 3.45. The van der Waals surface area contributed by atoms with Gasteiger partial charge in [-0.3, -0.25) is 4.79 Å². The lowest BCUT2D eigenvalue weighted by molar-refractivity contribution is -0.135. The van der Waals surface area contributed by atoms with Crippen LogP contribution in [0.2, 0.25) is 0 Å². The number of benzene rings is 1. The molecule has 0 aliphatic heterocycles. The smallest absolute Gasteiger partial charge is 0.311 e. The Morgan fingerprint density at radius 1 is 1.25 bits per heavy atom. The zero-order valence-corrected chi connectivity index (χ0v) is 9.23. The summed E-state index contributed by atoms with van der Waals surface area (Å²) in [4.78, 5) is 21.9. The number of hydrogen-bond acceptors (Lipinski definition) is 3. The summed E-state index contributed by atoms with van der Waals surface area (Å²) < 4.78 is 5.04. The Balaban J connectivity index is 2.49. The molecule has 0 aliphatic rings. The molecule has 1 rings (SSSR count). The fourth-order valence-corrected chi connectivity index (χ4v) is 1.13. The van der Waals surface area contributed by atoms with Crippen molar-refractivity contribution >= 4 is 17.8 Å². The van der Waals surface area contributed by atoms with Gasteiger partial charge in [-0.1, -0.05) is 24.8 Å². The Bertz CT molecular complexity index is 390. The summed E-state index contributed by atoms with van der Waals surface area (Å²) in [6.45, 7) is 5.08. The molecule has 0 N–H and O–H groups in total. The van der Waals surface area contributed by atoms with Crippen LogP contribution in [0.25, 0.3) is 6.08 Å². The molecule has 0 spiro atoms. The lowest BCUT2D eigenvalue weighted by Gasteiger charge is -2.03. The molecule has 0 atom stereocenters. The molecule has 3 heteroatoms. The van der Waals surface area contributed by atoms with Crippen molar-refractivity contribution in [3.05, 3.63) is 36.4 Å². The fourth-order valence-electron chi connectivity index (χ4n) is 1.13. The van der Waals surface area contributed by atoms with Crippen molar-refractivity contribution in [1.29, 1.82) is 0 Å². The third kappa shape index (κ3) is 4.09. The highest BCUT2D eigenvalue weighted by Crippen LogP contribution is 2.13. The molecule has 3 nitrogen and oxygen atoms in total. The minimum atomic E-state index is -0.387. The third-order valence-electron chi connectivity index (χ3n) is 2.03. The number of Topliss-reactive ketones (excluding diaryl/α,β-unsaturated/α-hetero) is 1. The van der Waals surface area contributed by atoms with Crippen molar-refractivity contribution in [3.8, 4) is 5.75 Å². The first-order valence-corrected chi connectivity index (χ1v) is 5.04. The van der Waals surface area contributed by atoms with Gasteiger partial charge in [0, 0.05) is 6.42 Å². The Hall–Kier alpha value is -1.90. The van der Waals surface area contributed by atoms with Gasteiger partial charge in [0.25, 0.3) is 0 Å². The van der Waals surface area contributed by atoms with E-state index in [1.807, 2.05) is 0 Å². The number of ether oxygens (including phenoxy) is 1. The largest absolute Gasteiger partial charge is 0.427 e. The van der Waals surface area contributed by atoms with Crippen LogP contribution in [0.15, 0.2) is 30.8 Å². The van der Waals surface area contributed by atoms with Crippen LogP contribution >= 0.6 is 0 Å². The lowest BCUT2D eigenvalue weighted by atomic mass is 10.2. The molecular weight excluding hydrogens is 204 g/mol. The molecule has 0 amide bonds. The second-order valence-corrected chi connectivity index (χ2v) is 3.45. The van der Waals surface area contributed by atoms with Crippen LogP contribution in [0.1, 0.15) is 25.3 Å². The summed E-state index contributed by atoms with van der Waals surface area (Å²) in [6.07, 6.45) is 2.06. The summed E-state index contributed by atoms with van der Waals surface area (Å²) in [5, 5.41) is 0. The lowest BCUT2D eigenvalue weighted by Crippen LogP contribution is -2.09. The van der Waals surface area contributed by atoms with Gasteiger partial charge in [-0.05, 0) is 24.6 Å². The molecule has 16 heavy (non-hydrogen) atoms. The van der Waals surface area contributed by atoms with Crippen LogP contribution in [0.4, 0.5) is 0 Å². The van der Waals surface area contributed by atoms with Gasteiger partial charge in [-0.15, -0.1) is 0 Å². The molecule has 0 aliphatic carbocycles. The van der Waals surface area contributed by atoms with E-state index < -0.39 is 0 Å². The number of esters is 1. The highest BCUT2D eigenvalue weighted by atomic mass is 16.5. The van der Waals surface area contributed by atoms with Crippen LogP contribution in [0, 0.1) is 0 Å². The predicted octanol–water partition coefficient (Wildman–Crippen LogP) is 2.60. The van der Waals surface area contributed by atoms with E-state index in [1.165, 1.54) is 6.92 Å². The van der Waals surface area contributed by atoms with Crippen LogP contribution in [0.5, 0.6) is 5.75 Å². The van der Waals surface area contributed by atoms with E-state index in [9.17, 15) is 9.59 Å². The van der Waals surface area contributed by atoms with E-state index >= 15 is 0 Å². The maximum Gasteiger partial charge on any atom is 0.311 e. The molecule has 1 aromatic rings. The quantitative estimate of drug-likeness (QED) is 0.563. The maximum absolute atomic E-state index is 11.3. The van der Waals surface area contributed by atoms with Gasteiger partial charge >= 0.3 is 5.97 Å². The number of carbonyl (C=O) groups is 2. The number of carbonyl (C=O) groups excluding carboxylic acids is 2. The Morgan fingerprint density at radius 3 is 2.38 bits per heavy atom. The van der Waals surface area contributed by atoms with Crippen molar-refractivity contribution in [3.63, 3.8) is 0 Å². The van der Waals surface area contributed by atoms with E-state index in [2.05, 4.69) is 6.58 Å². The van der Waals surface area contributed by atoms with Crippen LogP contribution in [0.3, 0.4) is 0 Å². The topological polar surface area (TPSA) is 43.4 Å². The minimum absolute atomic E-state index is 0.0149. The van der Waals surface area contributed by atoms with E-state index in [4.69, 9.17) is 4.74 Å². The summed E-state index contributed by atoms with van der Waals surface area (Å²) in [6, 6.07) is 7.01. The van der Waals surface area contributed by atoms with Crippen molar-refractivity contribution in [1.82, 2.24) is 0 Å². The molecule has 0 unspecified atom stereocenters. The highest BCUT2D eigenvalue weighted by molar-refractivity contribution is 5.81. The van der Waals surface area contributed by atoms with Crippen LogP contribution < -0.4 is 4.74 Å². The molecule has 1 aromatic carbocycles. The van der Waals surface area contributed by atoms with Gasteiger partial charge < -0.3 is 9.53 Å². The summed E-state index contributed by atoms with van der Waals surface area (Å²) in [5.74, 6) is 0.0830. The van der Waals surface area contributed by atoms with Gasteiger partial charge in [-0.2, -0.15) is 0 Å². The predicted molar refractivity (Wildman–Crippen MR) is 62.1 cm³/mol. The van der Waals surface area contributed by atoms with E-state index in [1.54, 1.807) is 30.3 Å². The average Bonchev–Trinajstić information content (AvgIpc) is 2.27. The number of rotatable bonds is 5. The van der Waals surface area contributed by atoms with Gasteiger partial charge in [0.1, 0.15) is 11.5 Å². The van der Waals surface area contributed by atoms with Gasteiger partial charge in [0.15, 0.2) is 0 Å². The number of hydrogen-bond donors (Lipinski definition) is 0. The summed E-state index contributed by atoms with van der Waals surface area (Å²) >= 11 is 0. The first-order valence-electron chi connectivity index (χ1n) is 5.04. The summed E-state index contributed by atoms with van der Waals surface area (Å²) in [7, 11) is 0. The third-order valence-corrected chi connectivity index (χ3v) is 2.03. The van der Waals surface area contributed by atoms with Crippen molar-refractivity contribution < 1.29 is 14.3 Å². The molecule has 0 fully saturated rings.